The molecule has 20 heavy (non-hydrogen) atoms. The van der Waals surface area contributed by atoms with E-state index in [0.29, 0.717) is 11.3 Å². The van der Waals surface area contributed by atoms with Crippen LogP contribution in [0.5, 0.6) is 0 Å². The van der Waals surface area contributed by atoms with Crippen molar-refractivity contribution in [3.63, 3.8) is 0 Å². The van der Waals surface area contributed by atoms with Crippen molar-refractivity contribution < 1.29 is 13.2 Å². The summed E-state index contributed by atoms with van der Waals surface area (Å²) in [5.41, 5.74) is 1.29. The summed E-state index contributed by atoms with van der Waals surface area (Å²) in [6.07, 6.45) is -2.71. The van der Waals surface area contributed by atoms with Crippen molar-refractivity contribution >= 4 is 11.0 Å². The molecule has 3 nitrogen and oxygen atoms in total. The fraction of sp³-hybridized carbons (Fsp3) is 0.143. The summed E-state index contributed by atoms with van der Waals surface area (Å²) in [6.45, 7) is 1.84. The summed E-state index contributed by atoms with van der Waals surface area (Å²) in [5.74, 6) is 0. The van der Waals surface area contributed by atoms with Crippen LogP contribution in [0.3, 0.4) is 0 Å². The van der Waals surface area contributed by atoms with E-state index in [1.165, 1.54) is 12.1 Å². The first-order chi connectivity index (χ1) is 9.47. The Kier molecular flexibility index (Phi) is 2.74. The summed E-state index contributed by atoms with van der Waals surface area (Å²) in [4.78, 5) is 4.23. The molecule has 0 aliphatic rings. The number of fused-ring (bicyclic) bond motifs is 1. The van der Waals surface area contributed by atoms with E-state index in [-0.39, 0.29) is 0 Å². The second-order valence-electron chi connectivity index (χ2n) is 4.42. The summed E-state index contributed by atoms with van der Waals surface area (Å²) in [5, 5.41) is 5.21. The molecule has 6 heteroatoms. The molecule has 0 N–H and O–H groups in total. The van der Waals surface area contributed by atoms with Crippen LogP contribution < -0.4 is 0 Å². The van der Waals surface area contributed by atoms with Crippen LogP contribution in [0, 0.1) is 6.92 Å². The number of rotatable bonds is 1. The Balaban J connectivity index is 2.12. The van der Waals surface area contributed by atoms with Crippen molar-refractivity contribution in [1.29, 1.82) is 0 Å². The summed E-state index contributed by atoms with van der Waals surface area (Å²) in [7, 11) is 0. The zero-order valence-electron chi connectivity index (χ0n) is 10.5. The molecule has 0 amide bonds. The monoisotopic (exact) mass is 277 g/mol. The highest BCUT2D eigenvalue weighted by Gasteiger charge is 2.30. The normalized spacial score (nSPS) is 12.0. The summed E-state index contributed by atoms with van der Waals surface area (Å²) >= 11 is 0. The van der Waals surface area contributed by atoms with E-state index in [1.54, 1.807) is 16.9 Å². The standard InChI is InChI=1S/C14H10F3N3/c1-9-12-3-2-8-18-13(12)20(19-9)11-6-4-10(5-7-11)14(15,16)17/h2-8H,1H3. The average molecular weight is 277 g/mol. The van der Waals surface area contributed by atoms with Gasteiger partial charge in [0.25, 0.3) is 0 Å². The molecule has 0 atom stereocenters. The highest BCUT2D eigenvalue weighted by atomic mass is 19.4. The Hall–Kier alpha value is -2.37. The first kappa shape index (κ1) is 12.7. The quantitative estimate of drug-likeness (QED) is 0.678. The highest BCUT2D eigenvalue weighted by molar-refractivity contribution is 5.79. The lowest BCUT2D eigenvalue weighted by Gasteiger charge is -2.08. The molecule has 0 spiro atoms. The number of hydrogen-bond acceptors (Lipinski definition) is 2. The van der Waals surface area contributed by atoms with Crippen LogP contribution in [0.2, 0.25) is 0 Å². The van der Waals surface area contributed by atoms with Gasteiger partial charge in [-0.05, 0) is 43.3 Å². The molecule has 3 rings (SSSR count). The van der Waals surface area contributed by atoms with Gasteiger partial charge in [0.2, 0.25) is 0 Å². The van der Waals surface area contributed by atoms with Crippen LogP contribution in [0.1, 0.15) is 11.3 Å². The third kappa shape index (κ3) is 2.03. The van der Waals surface area contributed by atoms with Crippen LogP contribution in [-0.4, -0.2) is 14.8 Å². The molecule has 0 aliphatic carbocycles. The van der Waals surface area contributed by atoms with Crippen molar-refractivity contribution in [3.8, 4) is 5.69 Å². The van der Waals surface area contributed by atoms with Gasteiger partial charge >= 0.3 is 6.18 Å². The Bertz CT molecular complexity index is 757. The van der Waals surface area contributed by atoms with E-state index in [4.69, 9.17) is 0 Å². The second kappa shape index (κ2) is 4.33. The number of aromatic nitrogens is 3. The van der Waals surface area contributed by atoms with Gasteiger partial charge in [-0.15, -0.1) is 0 Å². The molecule has 2 aromatic heterocycles. The largest absolute Gasteiger partial charge is 0.416 e. The number of halogens is 3. The van der Waals surface area contributed by atoms with Crippen molar-refractivity contribution in [2.24, 2.45) is 0 Å². The number of pyridine rings is 1. The predicted octanol–water partition coefficient (Wildman–Crippen LogP) is 3.75. The molecule has 0 bridgehead atoms. The lowest BCUT2D eigenvalue weighted by atomic mass is 10.2. The third-order valence-electron chi connectivity index (χ3n) is 3.07. The topological polar surface area (TPSA) is 30.7 Å². The number of aryl methyl sites for hydroxylation is 1. The molecular formula is C14H10F3N3. The van der Waals surface area contributed by atoms with Crippen LogP contribution in [-0.2, 0) is 6.18 Å². The number of nitrogens with zero attached hydrogens (tertiary/aromatic N) is 3. The van der Waals surface area contributed by atoms with Gasteiger partial charge in [-0.25, -0.2) is 9.67 Å². The zero-order valence-corrected chi connectivity index (χ0v) is 10.5. The minimum atomic E-state index is -4.33. The molecule has 0 aliphatic heterocycles. The molecule has 0 saturated carbocycles. The fourth-order valence-electron chi connectivity index (χ4n) is 2.07. The van der Waals surface area contributed by atoms with Crippen molar-refractivity contribution in [2.45, 2.75) is 13.1 Å². The first-order valence-corrected chi connectivity index (χ1v) is 5.95. The molecule has 2 heterocycles. The second-order valence-corrected chi connectivity index (χ2v) is 4.42. The first-order valence-electron chi connectivity index (χ1n) is 5.95. The number of alkyl halides is 3. The van der Waals surface area contributed by atoms with Gasteiger partial charge < -0.3 is 0 Å². The molecular weight excluding hydrogens is 267 g/mol. The Labute approximate surface area is 112 Å². The Morgan fingerprint density at radius 2 is 1.75 bits per heavy atom. The average Bonchev–Trinajstić information content (AvgIpc) is 2.76. The number of benzene rings is 1. The van der Waals surface area contributed by atoms with Gasteiger partial charge in [-0.3, -0.25) is 0 Å². The molecule has 3 aromatic rings. The van der Waals surface area contributed by atoms with Crippen molar-refractivity contribution in [3.05, 3.63) is 53.9 Å². The van der Waals surface area contributed by atoms with Crippen LogP contribution in [0.25, 0.3) is 16.7 Å². The summed E-state index contributed by atoms with van der Waals surface area (Å²) < 4.78 is 39.2. The lowest BCUT2D eigenvalue weighted by molar-refractivity contribution is -0.137. The Morgan fingerprint density at radius 1 is 1.05 bits per heavy atom. The smallest absolute Gasteiger partial charge is 0.237 e. The Morgan fingerprint density at radius 3 is 2.40 bits per heavy atom. The lowest BCUT2D eigenvalue weighted by Crippen LogP contribution is -2.05. The minimum Gasteiger partial charge on any atom is -0.237 e. The van der Waals surface area contributed by atoms with Crippen molar-refractivity contribution in [2.75, 3.05) is 0 Å². The SMILES string of the molecule is Cc1nn(-c2ccc(C(F)(F)F)cc2)c2ncccc12. The molecule has 0 radical (unpaired) electrons. The van der Waals surface area contributed by atoms with Crippen LogP contribution >= 0.6 is 0 Å². The maximum Gasteiger partial charge on any atom is 0.416 e. The third-order valence-corrected chi connectivity index (χ3v) is 3.07. The molecule has 102 valence electrons. The van der Waals surface area contributed by atoms with Crippen LogP contribution in [0.4, 0.5) is 13.2 Å². The van der Waals surface area contributed by atoms with Crippen molar-refractivity contribution in [1.82, 2.24) is 14.8 Å². The van der Waals surface area contributed by atoms with E-state index in [0.717, 1.165) is 23.2 Å². The maximum atomic E-state index is 12.5. The molecule has 0 saturated heterocycles. The zero-order chi connectivity index (χ0) is 14.3. The van der Waals surface area contributed by atoms with Gasteiger partial charge in [-0.2, -0.15) is 18.3 Å². The van der Waals surface area contributed by atoms with E-state index in [1.807, 2.05) is 13.0 Å². The maximum absolute atomic E-state index is 12.5. The van der Waals surface area contributed by atoms with Gasteiger partial charge in [0.1, 0.15) is 0 Å². The van der Waals surface area contributed by atoms with Gasteiger partial charge in [0.05, 0.1) is 16.9 Å². The van der Waals surface area contributed by atoms with Gasteiger partial charge in [-0.1, -0.05) is 0 Å². The predicted molar refractivity (Wildman–Crippen MR) is 68.6 cm³/mol. The fourth-order valence-corrected chi connectivity index (χ4v) is 2.07. The summed E-state index contributed by atoms with van der Waals surface area (Å²) in [6, 6.07) is 8.55. The number of hydrogen-bond donors (Lipinski definition) is 0. The van der Waals surface area contributed by atoms with E-state index < -0.39 is 11.7 Å². The minimum absolute atomic E-state index is 0.551. The van der Waals surface area contributed by atoms with Gasteiger partial charge in [0, 0.05) is 11.6 Å². The van der Waals surface area contributed by atoms with Gasteiger partial charge in [0.15, 0.2) is 5.65 Å². The molecule has 0 unspecified atom stereocenters. The van der Waals surface area contributed by atoms with E-state index >= 15 is 0 Å². The molecule has 0 fully saturated rings. The van der Waals surface area contributed by atoms with E-state index in [9.17, 15) is 13.2 Å². The van der Waals surface area contributed by atoms with Crippen LogP contribution in [0.15, 0.2) is 42.6 Å². The molecule has 1 aromatic carbocycles. The van der Waals surface area contributed by atoms with E-state index in [2.05, 4.69) is 10.1 Å². The highest BCUT2D eigenvalue weighted by Crippen LogP contribution is 2.30.